The van der Waals surface area contributed by atoms with Crippen molar-refractivity contribution in [3.05, 3.63) is 29.0 Å². The highest BCUT2D eigenvalue weighted by molar-refractivity contribution is 6.33. The lowest BCUT2D eigenvalue weighted by Gasteiger charge is -2.32. The summed E-state index contributed by atoms with van der Waals surface area (Å²) < 4.78 is 0. The van der Waals surface area contributed by atoms with Gasteiger partial charge >= 0.3 is 0 Å². The first-order valence-corrected chi connectivity index (χ1v) is 6.40. The highest BCUT2D eigenvalue weighted by atomic mass is 35.5. The van der Waals surface area contributed by atoms with E-state index in [0.717, 1.165) is 19.3 Å². The van der Waals surface area contributed by atoms with Crippen LogP contribution >= 0.6 is 23.2 Å². The molecule has 17 heavy (non-hydrogen) atoms. The SMILES string of the molecule is C=CCC(CC)(CC)Nc1nc(Cl)cc(Cl)n1. The summed E-state index contributed by atoms with van der Waals surface area (Å²) in [6, 6.07) is 1.52. The monoisotopic (exact) mass is 273 g/mol. The molecule has 0 radical (unpaired) electrons. The van der Waals surface area contributed by atoms with Crippen LogP contribution < -0.4 is 5.32 Å². The predicted octanol–water partition coefficient (Wildman–Crippen LogP) is 4.33. The normalized spacial score (nSPS) is 11.3. The van der Waals surface area contributed by atoms with Gasteiger partial charge in [0.05, 0.1) is 0 Å². The Hall–Kier alpha value is -0.800. The minimum atomic E-state index is -0.0875. The molecule has 0 saturated heterocycles. The van der Waals surface area contributed by atoms with Crippen LogP contribution in [-0.2, 0) is 0 Å². The molecule has 5 heteroatoms. The summed E-state index contributed by atoms with van der Waals surface area (Å²) in [4.78, 5) is 8.24. The minimum absolute atomic E-state index is 0.0875. The van der Waals surface area contributed by atoms with Gasteiger partial charge in [-0.05, 0) is 19.3 Å². The Bertz CT molecular complexity index is 369. The fourth-order valence-corrected chi connectivity index (χ4v) is 2.15. The summed E-state index contributed by atoms with van der Waals surface area (Å²) in [6.45, 7) is 8.02. The highest BCUT2D eigenvalue weighted by Crippen LogP contribution is 2.25. The molecule has 3 nitrogen and oxygen atoms in total. The molecule has 1 aromatic rings. The van der Waals surface area contributed by atoms with Gasteiger partial charge in [0, 0.05) is 11.6 Å². The van der Waals surface area contributed by atoms with Gasteiger partial charge in [-0.2, -0.15) is 0 Å². The second kappa shape index (κ2) is 6.22. The summed E-state index contributed by atoms with van der Waals surface area (Å²) in [7, 11) is 0. The van der Waals surface area contributed by atoms with Gasteiger partial charge in [0.25, 0.3) is 0 Å². The molecule has 1 N–H and O–H groups in total. The molecule has 0 unspecified atom stereocenters. The van der Waals surface area contributed by atoms with E-state index < -0.39 is 0 Å². The molecule has 0 amide bonds. The van der Waals surface area contributed by atoms with Gasteiger partial charge in [0.15, 0.2) is 0 Å². The van der Waals surface area contributed by atoms with Crippen molar-refractivity contribution in [1.29, 1.82) is 0 Å². The topological polar surface area (TPSA) is 37.8 Å². The molecule has 1 heterocycles. The molecule has 0 aliphatic rings. The van der Waals surface area contributed by atoms with Crippen LogP contribution in [0.2, 0.25) is 10.3 Å². The Kier molecular flexibility index (Phi) is 5.22. The lowest BCUT2D eigenvalue weighted by molar-refractivity contribution is 0.436. The summed E-state index contributed by atoms with van der Waals surface area (Å²) >= 11 is 11.7. The molecule has 0 spiro atoms. The van der Waals surface area contributed by atoms with E-state index in [4.69, 9.17) is 23.2 Å². The summed E-state index contributed by atoms with van der Waals surface area (Å²) in [5.41, 5.74) is -0.0875. The molecule has 0 aliphatic carbocycles. The van der Waals surface area contributed by atoms with Crippen LogP contribution in [0.1, 0.15) is 33.1 Å². The van der Waals surface area contributed by atoms with E-state index in [2.05, 4.69) is 35.7 Å². The van der Waals surface area contributed by atoms with E-state index in [1.807, 2.05) is 6.08 Å². The zero-order chi connectivity index (χ0) is 12.9. The average Bonchev–Trinajstić information content (AvgIpc) is 2.27. The van der Waals surface area contributed by atoms with Gasteiger partial charge in [-0.25, -0.2) is 9.97 Å². The van der Waals surface area contributed by atoms with Gasteiger partial charge in [-0.15, -0.1) is 6.58 Å². The molecular weight excluding hydrogens is 257 g/mol. The van der Waals surface area contributed by atoms with Crippen LogP contribution in [0.15, 0.2) is 18.7 Å². The van der Waals surface area contributed by atoms with Crippen LogP contribution in [0.5, 0.6) is 0 Å². The first-order valence-electron chi connectivity index (χ1n) is 5.64. The first kappa shape index (κ1) is 14.3. The number of nitrogens with one attached hydrogen (secondary N) is 1. The van der Waals surface area contributed by atoms with Crippen molar-refractivity contribution in [2.75, 3.05) is 5.32 Å². The van der Waals surface area contributed by atoms with Crippen molar-refractivity contribution in [1.82, 2.24) is 9.97 Å². The van der Waals surface area contributed by atoms with Gasteiger partial charge in [-0.1, -0.05) is 43.1 Å². The average molecular weight is 274 g/mol. The number of anilines is 1. The number of nitrogens with zero attached hydrogens (tertiary/aromatic N) is 2. The highest BCUT2D eigenvalue weighted by Gasteiger charge is 2.25. The number of rotatable bonds is 6. The number of hydrogen-bond acceptors (Lipinski definition) is 3. The van der Waals surface area contributed by atoms with Crippen molar-refractivity contribution < 1.29 is 0 Å². The van der Waals surface area contributed by atoms with Gasteiger partial charge in [-0.3, -0.25) is 0 Å². The lowest BCUT2D eigenvalue weighted by atomic mass is 9.89. The Labute approximate surface area is 112 Å². The standard InChI is InChI=1S/C12H17Cl2N3/c1-4-7-12(5-2,6-3)17-11-15-9(13)8-10(14)16-11/h4,8H,1,5-7H2,2-3H3,(H,15,16,17). The quantitative estimate of drug-likeness (QED) is 0.619. The second-order valence-corrected chi connectivity index (χ2v) is 4.72. The summed E-state index contributed by atoms with van der Waals surface area (Å²) in [6.07, 6.45) is 4.63. The minimum Gasteiger partial charge on any atom is -0.348 e. The molecule has 0 saturated carbocycles. The molecule has 0 aliphatic heterocycles. The number of hydrogen-bond donors (Lipinski definition) is 1. The molecule has 1 aromatic heterocycles. The molecule has 0 aromatic carbocycles. The maximum atomic E-state index is 5.85. The van der Waals surface area contributed by atoms with E-state index >= 15 is 0 Å². The van der Waals surface area contributed by atoms with Crippen molar-refractivity contribution in [3.63, 3.8) is 0 Å². The molecule has 1 rings (SSSR count). The van der Waals surface area contributed by atoms with Gasteiger partial charge in [0.1, 0.15) is 10.3 Å². The molecule has 0 atom stereocenters. The van der Waals surface area contributed by atoms with Crippen LogP contribution in [0.4, 0.5) is 5.95 Å². The maximum absolute atomic E-state index is 5.85. The maximum Gasteiger partial charge on any atom is 0.225 e. The summed E-state index contributed by atoms with van der Waals surface area (Å²) in [5, 5.41) is 3.99. The van der Waals surface area contributed by atoms with E-state index in [9.17, 15) is 0 Å². The zero-order valence-corrected chi connectivity index (χ0v) is 11.6. The zero-order valence-electron chi connectivity index (χ0n) is 10.1. The Morgan fingerprint density at radius 1 is 1.29 bits per heavy atom. The Balaban J connectivity index is 2.96. The van der Waals surface area contributed by atoms with E-state index in [-0.39, 0.29) is 5.54 Å². The Morgan fingerprint density at radius 2 is 1.82 bits per heavy atom. The molecule has 0 bridgehead atoms. The van der Waals surface area contributed by atoms with Gasteiger partial charge in [0.2, 0.25) is 5.95 Å². The number of halogens is 2. The third-order valence-corrected chi connectivity index (χ3v) is 3.32. The van der Waals surface area contributed by atoms with Crippen LogP contribution in [0, 0.1) is 0 Å². The van der Waals surface area contributed by atoms with Crippen LogP contribution in [0.25, 0.3) is 0 Å². The van der Waals surface area contributed by atoms with Crippen LogP contribution in [0.3, 0.4) is 0 Å². The Morgan fingerprint density at radius 3 is 2.24 bits per heavy atom. The molecular formula is C12H17Cl2N3. The predicted molar refractivity (Wildman–Crippen MR) is 73.8 cm³/mol. The van der Waals surface area contributed by atoms with Crippen molar-refractivity contribution in [2.24, 2.45) is 0 Å². The fraction of sp³-hybridized carbons (Fsp3) is 0.500. The van der Waals surface area contributed by atoms with Crippen molar-refractivity contribution >= 4 is 29.2 Å². The third-order valence-electron chi connectivity index (χ3n) is 2.93. The smallest absolute Gasteiger partial charge is 0.225 e. The van der Waals surface area contributed by atoms with Gasteiger partial charge < -0.3 is 5.32 Å². The fourth-order valence-electron chi connectivity index (χ4n) is 1.73. The first-order chi connectivity index (χ1) is 8.05. The third kappa shape index (κ3) is 3.86. The van der Waals surface area contributed by atoms with E-state index in [0.29, 0.717) is 16.3 Å². The largest absolute Gasteiger partial charge is 0.348 e. The molecule has 94 valence electrons. The van der Waals surface area contributed by atoms with Crippen molar-refractivity contribution in [2.45, 2.75) is 38.6 Å². The van der Waals surface area contributed by atoms with Crippen molar-refractivity contribution in [3.8, 4) is 0 Å². The van der Waals surface area contributed by atoms with E-state index in [1.165, 1.54) is 6.07 Å². The second-order valence-electron chi connectivity index (χ2n) is 3.94. The number of aromatic nitrogens is 2. The lowest BCUT2D eigenvalue weighted by Crippen LogP contribution is -2.37. The molecule has 0 fully saturated rings. The summed E-state index contributed by atoms with van der Waals surface area (Å²) in [5.74, 6) is 0.466. The van der Waals surface area contributed by atoms with Crippen LogP contribution in [-0.4, -0.2) is 15.5 Å². The van der Waals surface area contributed by atoms with E-state index in [1.54, 1.807) is 0 Å².